The van der Waals surface area contributed by atoms with Crippen molar-refractivity contribution >= 4 is 27.4 Å². The first kappa shape index (κ1) is 13.8. The van der Waals surface area contributed by atoms with Crippen molar-refractivity contribution in [3.8, 4) is 0 Å². The zero-order valence-electron chi connectivity index (χ0n) is 12.7. The molecule has 0 radical (unpaired) electrons. The molecule has 0 saturated carbocycles. The number of hydrogen-bond acceptors (Lipinski definition) is 5. The van der Waals surface area contributed by atoms with E-state index in [-0.39, 0.29) is 0 Å². The standard InChI is InChI=1S/C15H22N4S/c1-10-11(2)20-14-12(10)13(17-9-18-14)19-6-5-15(3,8-19)7-16-4/h9,16H,5-8H2,1-4H3. The SMILES string of the molecule is CNCC1(C)CCN(c2ncnc3sc(C)c(C)c23)C1. The summed E-state index contributed by atoms with van der Waals surface area (Å²) < 4.78 is 0. The van der Waals surface area contributed by atoms with Gasteiger partial charge in [-0.3, -0.25) is 0 Å². The number of nitrogens with one attached hydrogen (secondary N) is 1. The van der Waals surface area contributed by atoms with Crippen LogP contribution in [0.5, 0.6) is 0 Å². The molecule has 1 saturated heterocycles. The van der Waals surface area contributed by atoms with E-state index in [9.17, 15) is 0 Å². The van der Waals surface area contributed by atoms with Crippen LogP contribution in [0.4, 0.5) is 5.82 Å². The zero-order chi connectivity index (χ0) is 14.3. The second kappa shape index (κ2) is 4.97. The molecule has 2 aromatic rings. The van der Waals surface area contributed by atoms with Gasteiger partial charge >= 0.3 is 0 Å². The average Bonchev–Trinajstić information content (AvgIpc) is 2.92. The summed E-state index contributed by atoms with van der Waals surface area (Å²) in [7, 11) is 2.03. The molecule has 3 heterocycles. The van der Waals surface area contributed by atoms with Crippen LogP contribution in [0, 0.1) is 19.3 Å². The predicted molar refractivity (Wildman–Crippen MR) is 85.8 cm³/mol. The van der Waals surface area contributed by atoms with Crippen molar-refractivity contribution in [1.29, 1.82) is 0 Å². The minimum Gasteiger partial charge on any atom is -0.355 e. The van der Waals surface area contributed by atoms with Gasteiger partial charge in [-0.25, -0.2) is 9.97 Å². The van der Waals surface area contributed by atoms with E-state index in [2.05, 4.69) is 41.0 Å². The van der Waals surface area contributed by atoms with Gasteiger partial charge in [0, 0.05) is 24.5 Å². The Morgan fingerprint density at radius 1 is 1.40 bits per heavy atom. The maximum atomic E-state index is 4.59. The third-order valence-corrected chi connectivity index (χ3v) is 5.52. The van der Waals surface area contributed by atoms with Crippen LogP contribution in [0.25, 0.3) is 10.2 Å². The number of aryl methyl sites for hydroxylation is 2. The maximum absolute atomic E-state index is 4.59. The summed E-state index contributed by atoms with van der Waals surface area (Å²) in [5.41, 5.74) is 1.67. The highest BCUT2D eigenvalue weighted by molar-refractivity contribution is 7.18. The topological polar surface area (TPSA) is 41.0 Å². The smallest absolute Gasteiger partial charge is 0.141 e. The second-order valence-electron chi connectivity index (χ2n) is 6.17. The normalized spacial score (nSPS) is 22.9. The van der Waals surface area contributed by atoms with Crippen LogP contribution in [0.15, 0.2) is 6.33 Å². The number of hydrogen-bond donors (Lipinski definition) is 1. The summed E-state index contributed by atoms with van der Waals surface area (Å²) in [5, 5.41) is 4.57. The molecule has 1 unspecified atom stereocenters. The fourth-order valence-electron chi connectivity index (χ4n) is 3.18. The number of nitrogens with zero attached hydrogens (tertiary/aromatic N) is 3. The van der Waals surface area contributed by atoms with E-state index < -0.39 is 0 Å². The summed E-state index contributed by atoms with van der Waals surface area (Å²) in [5.74, 6) is 1.12. The van der Waals surface area contributed by atoms with Gasteiger partial charge in [0.15, 0.2) is 0 Å². The Balaban J connectivity index is 2.00. The van der Waals surface area contributed by atoms with Gasteiger partial charge in [0.2, 0.25) is 0 Å². The fraction of sp³-hybridized carbons (Fsp3) is 0.600. The van der Waals surface area contributed by atoms with Crippen molar-refractivity contribution in [2.45, 2.75) is 27.2 Å². The van der Waals surface area contributed by atoms with Crippen molar-refractivity contribution < 1.29 is 0 Å². The lowest BCUT2D eigenvalue weighted by atomic mass is 9.90. The van der Waals surface area contributed by atoms with Crippen molar-refractivity contribution in [3.63, 3.8) is 0 Å². The molecule has 3 rings (SSSR count). The van der Waals surface area contributed by atoms with Crippen LogP contribution >= 0.6 is 11.3 Å². The second-order valence-corrected chi connectivity index (χ2v) is 7.38. The summed E-state index contributed by atoms with van der Waals surface area (Å²) in [6.45, 7) is 9.91. The van der Waals surface area contributed by atoms with E-state index in [0.717, 1.165) is 30.3 Å². The molecule has 0 spiro atoms. The van der Waals surface area contributed by atoms with Crippen molar-refractivity contribution in [1.82, 2.24) is 15.3 Å². The lowest BCUT2D eigenvalue weighted by Gasteiger charge is -2.25. The minimum absolute atomic E-state index is 0.338. The van der Waals surface area contributed by atoms with Crippen LogP contribution in [-0.4, -0.2) is 36.6 Å². The lowest BCUT2D eigenvalue weighted by molar-refractivity contribution is 0.356. The van der Waals surface area contributed by atoms with Crippen LogP contribution in [-0.2, 0) is 0 Å². The van der Waals surface area contributed by atoms with E-state index in [4.69, 9.17) is 0 Å². The van der Waals surface area contributed by atoms with E-state index >= 15 is 0 Å². The van der Waals surface area contributed by atoms with Crippen molar-refractivity contribution in [2.24, 2.45) is 5.41 Å². The van der Waals surface area contributed by atoms with Crippen LogP contribution < -0.4 is 10.2 Å². The molecule has 0 bridgehead atoms. The largest absolute Gasteiger partial charge is 0.355 e. The molecule has 4 nitrogen and oxygen atoms in total. The summed E-state index contributed by atoms with van der Waals surface area (Å²) in [6, 6.07) is 0. The molecule has 1 fully saturated rings. The van der Waals surface area contributed by atoms with Gasteiger partial charge in [0.05, 0.1) is 5.39 Å². The van der Waals surface area contributed by atoms with Gasteiger partial charge in [-0.05, 0) is 38.3 Å². The molecular weight excluding hydrogens is 268 g/mol. The first-order chi connectivity index (χ1) is 9.54. The van der Waals surface area contributed by atoms with Gasteiger partial charge in [-0.2, -0.15) is 0 Å². The Morgan fingerprint density at radius 3 is 2.95 bits per heavy atom. The molecule has 0 aromatic carbocycles. The van der Waals surface area contributed by atoms with E-state index in [0.29, 0.717) is 5.41 Å². The first-order valence-electron chi connectivity index (χ1n) is 7.14. The minimum atomic E-state index is 0.338. The molecule has 20 heavy (non-hydrogen) atoms. The van der Waals surface area contributed by atoms with Crippen LogP contribution in [0.2, 0.25) is 0 Å². The third-order valence-electron chi connectivity index (χ3n) is 4.41. The molecular formula is C15H22N4S. The molecule has 1 aliphatic rings. The molecule has 5 heteroatoms. The zero-order valence-corrected chi connectivity index (χ0v) is 13.5. The third kappa shape index (κ3) is 2.19. The van der Waals surface area contributed by atoms with Crippen LogP contribution in [0.1, 0.15) is 23.8 Å². The van der Waals surface area contributed by atoms with Gasteiger partial charge in [-0.15, -0.1) is 11.3 Å². The maximum Gasteiger partial charge on any atom is 0.141 e. The quantitative estimate of drug-likeness (QED) is 0.943. The highest BCUT2D eigenvalue weighted by Gasteiger charge is 2.34. The Hall–Kier alpha value is -1.20. The Labute approximate surface area is 124 Å². The van der Waals surface area contributed by atoms with E-state index in [1.807, 2.05) is 7.05 Å². The Morgan fingerprint density at radius 2 is 2.20 bits per heavy atom. The average molecular weight is 290 g/mol. The fourth-order valence-corrected chi connectivity index (χ4v) is 4.17. The Kier molecular flexibility index (Phi) is 3.42. The van der Waals surface area contributed by atoms with Gasteiger partial charge in [-0.1, -0.05) is 6.92 Å². The number of anilines is 1. The van der Waals surface area contributed by atoms with Crippen LogP contribution in [0.3, 0.4) is 0 Å². The molecule has 1 atom stereocenters. The van der Waals surface area contributed by atoms with Gasteiger partial charge < -0.3 is 10.2 Å². The summed E-state index contributed by atoms with van der Waals surface area (Å²) >= 11 is 1.77. The van der Waals surface area contributed by atoms with E-state index in [1.54, 1.807) is 17.7 Å². The van der Waals surface area contributed by atoms with Gasteiger partial charge in [0.25, 0.3) is 0 Å². The van der Waals surface area contributed by atoms with Gasteiger partial charge in [0.1, 0.15) is 17.0 Å². The molecule has 0 aliphatic carbocycles. The van der Waals surface area contributed by atoms with Crippen molar-refractivity contribution in [2.75, 3.05) is 31.6 Å². The molecule has 0 amide bonds. The lowest BCUT2D eigenvalue weighted by Crippen LogP contribution is -2.33. The van der Waals surface area contributed by atoms with E-state index in [1.165, 1.54) is 22.2 Å². The predicted octanol–water partition coefficient (Wildman–Crippen LogP) is 2.74. The molecule has 1 N–H and O–H groups in total. The summed E-state index contributed by atoms with van der Waals surface area (Å²) in [6.07, 6.45) is 2.92. The number of thiophene rings is 1. The first-order valence-corrected chi connectivity index (χ1v) is 7.96. The monoisotopic (exact) mass is 290 g/mol. The van der Waals surface area contributed by atoms with Crippen molar-refractivity contribution in [3.05, 3.63) is 16.8 Å². The number of fused-ring (bicyclic) bond motifs is 1. The number of rotatable bonds is 3. The highest BCUT2D eigenvalue weighted by atomic mass is 32.1. The molecule has 2 aromatic heterocycles. The molecule has 108 valence electrons. The summed E-state index contributed by atoms with van der Waals surface area (Å²) in [4.78, 5) is 13.9. The molecule has 1 aliphatic heterocycles. The number of aromatic nitrogens is 2. The highest BCUT2D eigenvalue weighted by Crippen LogP contribution is 2.38. The Bertz CT molecular complexity index is 636.